The monoisotopic (exact) mass is 353 g/mol. The highest BCUT2D eigenvalue weighted by atomic mass is 16.6. The van der Waals surface area contributed by atoms with Crippen LogP contribution in [0.5, 0.6) is 0 Å². The van der Waals surface area contributed by atoms with E-state index in [9.17, 15) is 9.59 Å². The average molecular weight is 353 g/mol. The van der Waals surface area contributed by atoms with Crippen LogP contribution in [0.1, 0.15) is 39.0 Å². The van der Waals surface area contributed by atoms with Gasteiger partial charge >= 0.3 is 11.9 Å². The van der Waals surface area contributed by atoms with Gasteiger partial charge in [0.2, 0.25) is 0 Å². The Morgan fingerprint density at radius 2 is 2.04 bits per heavy atom. The van der Waals surface area contributed by atoms with Crippen molar-refractivity contribution in [2.75, 3.05) is 26.9 Å². The SMILES string of the molecule is COCCCCOC(=O)C1=CN(C2CCC(COC(C)=O)O2)C=CC1. The third kappa shape index (κ3) is 6.51. The van der Waals surface area contributed by atoms with E-state index in [1.165, 1.54) is 6.92 Å². The minimum Gasteiger partial charge on any atom is -0.463 e. The average Bonchev–Trinajstić information content (AvgIpc) is 3.09. The summed E-state index contributed by atoms with van der Waals surface area (Å²) in [6.07, 6.45) is 9.20. The van der Waals surface area contributed by atoms with Gasteiger partial charge in [-0.05, 0) is 25.7 Å². The zero-order chi connectivity index (χ0) is 18.1. The number of carbonyl (C=O) groups excluding carboxylic acids is 2. The predicted molar refractivity (Wildman–Crippen MR) is 90.3 cm³/mol. The van der Waals surface area contributed by atoms with Crippen LogP contribution in [0.2, 0.25) is 0 Å². The van der Waals surface area contributed by atoms with Crippen molar-refractivity contribution < 1.29 is 28.5 Å². The van der Waals surface area contributed by atoms with Crippen molar-refractivity contribution >= 4 is 11.9 Å². The smallest absolute Gasteiger partial charge is 0.335 e. The molecule has 2 heterocycles. The molecule has 2 unspecified atom stereocenters. The number of unbranched alkanes of at least 4 members (excludes halogenated alkanes) is 1. The number of hydrogen-bond donors (Lipinski definition) is 0. The van der Waals surface area contributed by atoms with Crippen molar-refractivity contribution in [3.63, 3.8) is 0 Å². The number of nitrogens with zero attached hydrogens (tertiary/aromatic N) is 1. The molecule has 2 aliphatic heterocycles. The lowest BCUT2D eigenvalue weighted by Crippen LogP contribution is -2.30. The van der Waals surface area contributed by atoms with Gasteiger partial charge in [-0.3, -0.25) is 4.79 Å². The second kappa shape index (κ2) is 10.2. The highest BCUT2D eigenvalue weighted by Gasteiger charge is 2.30. The first-order chi connectivity index (χ1) is 12.1. The van der Waals surface area contributed by atoms with Crippen molar-refractivity contribution in [1.29, 1.82) is 0 Å². The van der Waals surface area contributed by atoms with Crippen molar-refractivity contribution in [2.24, 2.45) is 0 Å². The van der Waals surface area contributed by atoms with Gasteiger partial charge in [0, 0.05) is 39.5 Å². The Hall–Kier alpha value is -1.86. The minimum atomic E-state index is -0.305. The highest BCUT2D eigenvalue weighted by molar-refractivity contribution is 5.88. The van der Waals surface area contributed by atoms with Crippen molar-refractivity contribution in [3.8, 4) is 0 Å². The molecule has 1 saturated heterocycles. The van der Waals surface area contributed by atoms with E-state index in [1.54, 1.807) is 13.3 Å². The predicted octanol–water partition coefficient (Wildman–Crippen LogP) is 2.13. The van der Waals surface area contributed by atoms with E-state index in [4.69, 9.17) is 18.9 Å². The van der Waals surface area contributed by atoms with E-state index < -0.39 is 0 Å². The summed E-state index contributed by atoms with van der Waals surface area (Å²) >= 11 is 0. The minimum absolute atomic E-state index is 0.103. The lowest BCUT2D eigenvalue weighted by molar-refractivity contribution is -0.146. The zero-order valence-corrected chi connectivity index (χ0v) is 14.9. The van der Waals surface area contributed by atoms with Gasteiger partial charge < -0.3 is 23.8 Å². The van der Waals surface area contributed by atoms with Crippen LogP contribution in [0.3, 0.4) is 0 Å². The molecule has 0 aromatic heterocycles. The van der Waals surface area contributed by atoms with Crippen molar-refractivity contribution in [2.45, 2.75) is 51.4 Å². The molecule has 0 radical (unpaired) electrons. The maximum atomic E-state index is 12.2. The fourth-order valence-electron chi connectivity index (χ4n) is 2.74. The van der Waals surface area contributed by atoms with Gasteiger partial charge in [0.15, 0.2) is 0 Å². The van der Waals surface area contributed by atoms with Crippen LogP contribution in [0.4, 0.5) is 0 Å². The Kier molecular flexibility index (Phi) is 7.94. The van der Waals surface area contributed by atoms with Gasteiger partial charge in [0.25, 0.3) is 0 Å². The van der Waals surface area contributed by atoms with Crippen LogP contribution < -0.4 is 0 Å². The third-order valence-corrected chi connectivity index (χ3v) is 4.05. The molecule has 0 aromatic carbocycles. The maximum absolute atomic E-state index is 12.2. The number of esters is 2. The van der Waals surface area contributed by atoms with Gasteiger partial charge in [-0.1, -0.05) is 6.08 Å². The van der Waals surface area contributed by atoms with Gasteiger partial charge in [0.1, 0.15) is 12.8 Å². The van der Waals surface area contributed by atoms with Crippen LogP contribution in [-0.4, -0.2) is 56.1 Å². The highest BCUT2D eigenvalue weighted by Crippen LogP contribution is 2.26. The molecule has 0 amide bonds. The van der Waals surface area contributed by atoms with Gasteiger partial charge in [-0.15, -0.1) is 0 Å². The van der Waals surface area contributed by atoms with Gasteiger partial charge in [-0.2, -0.15) is 0 Å². The van der Waals surface area contributed by atoms with E-state index in [-0.39, 0.29) is 30.9 Å². The summed E-state index contributed by atoms with van der Waals surface area (Å²) in [7, 11) is 1.65. The topological polar surface area (TPSA) is 74.3 Å². The molecule has 1 fully saturated rings. The summed E-state index contributed by atoms with van der Waals surface area (Å²) in [5.41, 5.74) is 0.612. The number of methoxy groups -OCH3 is 1. The van der Waals surface area contributed by atoms with E-state index in [0.717, 1.165) is 25.7 Å². The number of rotatable bonds is 9. The molecule has 0 saturated carbocycles. The van der Waals surface area contributed by atoms with Gasteiger partial charge in [-0.25, -0.2) is 4.79 Å². The van der Waals surface area contributed by atoms with E-state index in [1.807, 2.05) is 17.2 Å². The summed E-state index contributed by atoms with van der Waals surface area (Å²) in [6, 6.07) is 0. The van der Waals surface area contributed by atoms with Crippen LogP contribution in [-0.2, 0) is 28.5 Å². The first-order valence-electron chi connectivity index (χ1n) is 8.70. The molecule has 7 heteroatoms. The van der Waals surface area contributed by atoms with Gasteiger partial charge in [0.05, 0.1) is 18.3 Å². The normalized spacial score (nSPS) is 22.6. The van der Waals surface area contributed by atoms with Crippen molar-refractivity contribution in [1.82, 2.24) is 4.90 Å². The molecule has 0 aliphatic carbocycles. The molecule has 25 heavy (non-hydrogen) atoms. The van der Waals surface area contributed by atoms with E-state index in [2.05, 4.69) is 0 Å². The maximum Gasteiger partial charge on any atom is 0.335 e. The number of ether oxygens (including phenoxy) is 4. The number of hydrogen-bond acceptors (Lipinski definition) is 7. The second-order valence-electron chi connectivity index (χ2n) is 6.12. The molecule has 0 bridgehead atoms. The Morgan fingerprint density at radius 3 is 2.80 bits per heavy atom. The standard InChI is InChI=1S/C18H27NO6/c1-14(20)24-13-16-7-8-17(25-16)19-9-5-6-15(12-19)18(21)23-11-4-3-10-22-2/h5,9,12,16-17H,3-4,6-8,10-11,13H2,1-2H3. The molecule has 0 aromatic rings. The van der Waals surface area contributed by atoms with E-state index in [0.29, 0.717) is 25.2 Å². The van der Waals surface area contributed by atoms with Crippen LogP contribution in [0, 0.1) is 0 Å². The molecule has 140 valence electrons. The molecule has 0 N–H and O–H groups in total. The fourth-order valence-corrected chi connectivity index (χ4v) is 2.74. The molecule has 2 rings (SSSR count). The first-order valence-corrected chi connectivity index (χ1v) is 8.70. The van der Waals surface area contributed by atoms with Crippen LogP contribution in [0.25, 0.3) is 0 Å². The summed E-state index contributed by atoms with van der Waals surface area (Å²) in [5.74, 6) is -0.596. The largest absolute Gasteiger partial charge is 0.463 e. The lowest BCUT2D eigenvalue weighted by atomic mass is 10.1. The lowest BCUT2D eigenvalue weighted by Gasteiger charge is -2.27. The second-order valence-corrected chi connectivity index (χ2v) is 6.12. The Labute approximate surface area is 148 Å². The molecule has 2 atom stereocenters. The quantitative estimate of drug-likeness (QED) is 0.464. The summed E-state index contributed by atoms with van der Waals surface area (Å²) in [5, 5.41) is 0. The summed E-state index contributed by atoms with van der Waals surface area (Å²) in [6.45, 7) is 2.72. The molecule has 7 nitrogen and oxygen atoms in total. The number of carbonyl (C=O) groups is 2. The molecular formula is C18H27NO6. The van der Waals surface area contributed by atoms with Crippen molar-refractivity contribution in [3.05, 3.63) is 24.0 Å². The Balaban J connectivity index is 1.78. The Morgan fingerprint density at radius 1 is 1.24 bits per heavy atom. The molecule has 0 spiro atoms. The number of allylic oxidation sites excluding steroid dienone is 1. The molecule has 2 aliphatic rings. The van der Waals surface area contributed by atoms with E-state index >= 15 is 0 Å². The zero-order valence-electron chi connectivity index (χ0n) is 14.9. The molecular weight excluding hydrogens is 326 g/mol. The van der Waals surface area contributed by atoms with Crippen LogP contribution in [0.15, 0.2) is 24.0 Å². The summed E-state index contributed by atoms with van der Waals surface area (Å²) in [4.78, 5) is 24.9. The summed E-state index contributed by atoms with van der Waals surface area (Å²) < 4.78 is 21.2. The van der Waals surface area contributed by atoms with Crippen LogP contribution >= 0.6 is 0 Å². The third-order valence-electron chi connectivity index (χ3n) is 4.05. The fraction of sp³-hybridized carbons (Fsp3) is 0.667. The Bertz CT molecular complexity index is 516. The first kappa shape index (κ1) is 19.5.